The summed E-state index contributed by atoms with van der Waals surface area (Å²) in [5.41, 5.74) is 3.01. The number of nitrogens with one attached hydrogen (secondary N) is 2. The van der Waals surface area contributed by atoms with Gasteiger partial charge in [0.05, 0.1) is 24.6 Å². The predicted molar refractivity (Wildman–Crippen MR) is 95.4 cm³/mol. The van der Waals surface area contributed by atoms with Crippen molar-refractivity contribution in [1.82, 2.24) is 15.2 Å². The second-order valence-corrected chi connectivity index (χ2v) is 5.32. The van der Waals surface area contributed by atoms with E-state index < -0.39 is 5.97 Å². The van der Waals surface area contributed by atoms with Crippen LogP contribution in [0.2, 0.25) is 0 Å². The Morgan fingerprint density at radius 3 is 2.56 bits per heavy atom. The third-order valence-corrected chi connectivity index (χ3v) is 3.46. The molecule has 0 unspecified atom stereocenters. The molecule has 0 radical (unpaired) electrons. The number of nitrogens with zero attached hydrogens (tertiary/aromatic N) is 3. The van der Waals surface area contributed by atoms with E-state index in [0.717, 1.165) is 5.69 Å². The first-order valence-corrected chi connectivity index (χ1v) is 7.63. The van der Waals surface area contributed by atoms with Gasteiger partial charge in [0.25, 0.3) is 0 Å². The van der Waals surface area contributed by atoms with Crippen LogP contribution in [0.5, 0.6) is 0 Å². The van der Waals surface area contributed by atoms with Gasteiger partial charge < -0.3 is 15.4 Å². The molecule has 25 heavy (non-hydrogen) atoms. The molecule has 0 fully saturated rings. The Kier molecular flexibility index (Phi) is 4.84. The molecule has 0 aliphatic rings. The smallest absolute Gasteiger partial charge is 0.339 e. The Balaban J connectivity index is 1.81. The summed E-state index contributed by atoms with van der Waals surface area (Å²) in [7, 11) is 1.34. The molecule has 0 aliphatic heterocycles. The highest BCUT2D eigenvalue weighted by Crippen LogP contribution is 2.20. The van der Waals surface area contributed by atoms with E-state index in [4.69, 9.17) is 4.74 Å². The molecule has 2 aromatic carbocycles. The van der Waals surface area contributed by atoms with Crippen LogP contribution >= 0.6 is 0 Å². The topological polar surface area (TPSA) is 89.0 Å². The SMILES string of the molecule is COC(=O)c1ccccc1Nc1nncc(Nc2ccc(C)cc2)n1. The van der Waals surface area contributed by atoms with Crippen LogP contribution in [0.4, 0.5) is 23.1 Å². The number of carbonyl (C=O) groups excluding carboxylic acids is 1. The average Bonchev–Trinajstić information content (AvgIpc) is 2.64. The van der Waals surface area contributed by atoms with E-state index in [2.05, 4.69) is 25.8 Å². The molecule has 2 N–H and O–H groups in total. The number of carbonyl (C=O) groups is 1. The van der Waals surface area contributed by atoms with Crippen LogP contribution in [0.1, 0.15) is 15.9 Å². The van der Waals surface area contributed by atoms with Gasteiger partial charge in [-0.25, -0.2) is 4.79 Å². The molecule has 126 valence electrons. The third-order valence-electron chi connectivity index (χ3n) is 3.46. The summed E-state index contributed by atoms with van der Waals surface area (Å²) < 4.78 is 4.78. The minimum absolute atomic E-state index is 0.272. The fourth-order valence-electron chi connectivity index (χ4n) is 2.20. The molecule has 0 saturated carbocycles. The van der Waals surface area contributed by atoms with Crippen LogP contribution < -0.4 is 10.6 Å². The lowest BCUT2D eigenvalue weighted by molar-refractivity contribution is 0.0602. The van der Waals surface area contributed by atoms with Gasteiger partial charge in [0.2, 0.25) is 5.95 Å². The lowest BCUT2D eigenvalue weighted by Crippen LogP contribution is -2.08. The molecule has 7 nitrogen and oxygen atoms in total. The molecule has 0 aliphatic carbocycles. The number of para-hydroxylation sites is 1. The van der Waals surface area contributed by atoms with Crippen LogP contribution in [0, 0.1) is 6.92 Å². The molecule has 0 bridgehead atoms. The van der Waals surface area contributed by atoms with E-state index in [9.17, 15) is 4.79 Å². The minimum atomic E-state index is -0.440. The van der Waals surface area contributed by atoms with Crippen molar-refractivity contribution in [3.63, 3.8) is 0 Å². The van der Waals surface area contributed by atoms with Crippen molar-refractivity contribution in [3.05, 3.63) is 65.9 Å². The molecular weight excluding hydrogens is 318 g/mol. The summed E-state index contributed by atoms with van der Waals surface area (Å²) in [6, 6.07) is 14.9. The molecular formula is C18H17N5O2. The molecule has 0 spiro atoms. The molecule has 0 amide bonds. The largest absolute Gasteiger partial charge is 0.465 e. The standard InChI is InChI=1S/C18H17N5O2/c1-12-7-9-13(10-8-12)20-16-11-19-23-18(22-16)21-15-6-4-3-5-14(15)17(24)25-2/h3-11H,1-2H3,(H2,20,21,22,23). The Morgan fingerprint density at radius 1 is 1.04 bits per heavy atom. The number of anilines is 4. The Hall–Kier alpha value is -3.48. The predicted octanol–water partition coefficient (Wildman–Crippen LogP) is 3.45. The number of rotatable bonds is 5. The first-order chi connectivity index (χ1) is 12.2. The Morgan fingerprint density at radius 2 is 1.80 bits per heavy atom. The average molecular weight is 335 g/mol. The van der Waals surface area contributed by atoms with Gasteiger partial charge in [0.1, 0.15) is 0 Å². The van der Waals surface area contributed by atoms with Crippen molar-refractivity contribution in [2.45, 2.75) is 6.92 Å². The van der Waals surface area contributed by atoms with Crippen molar-refractivity contribution in [2.24, 2.45) is 0 Å². The summed E-state index contributed by atoms with van der Waals surface area (Å²) in [5.74, 6) is 0.371. The zero-order valence-electron chi connectivity index (χ0n) is 13.9. The summed E-state index contributed by atoms with van der Waals surface area (Å²) in [6.45, 7) is 2.02. The maximum absolute atomic E-state index is 11.8. The minimum Gasteiger partial charge on any atom is -0.465 e. The van der Waals surface area contributed by atoms with Gasteiger partial charge in [-0.15, -0.1) is 5.10 Å². The molecule has 3 rings (SSSR count). The van der Waals surface area contributed by atoms with Crippen LogP contribution in [-0.2, 0) is 4.74 Å². The van der Waals surface area contributed by atoms with Crippen molar-refractivity contribution in [2.75, 3.05) is 17.7 Å². The fraction of sp³-hybridized carbons (Fsp3) is 0.111. The van der Waals surface area contributed by atoms with Gasteiger partial charge in [0.15, 0.2) is 5.82 Å². The molecule has 1 aromatic heterocycles. The van der Waals surface area contributed by atoms with E-state index in [1.807, 2.05) is 31.2 Å². The zero-order chi connectivity index (χ0) is 17.6. The highest BCUT2D eigenvalue weighted by molar-refractivity contribution is 5.96. The van der Waals surface area contributed by atoms with Gasteiger partial charge in [-0.3, -0.25) is 0 Å². The maximum atomic E-state index is 11.8. The summed E-state index contributed by atoms with van der Waals surface area (Å²) >= 11 is 0. The van der Waals surface area contributed by atoms with Gasteiger partial charge >= 0.3 is 5.97 Å². The van der Waals surface area contributed by atoms with Crippen molar-refractivity contribution >= 4 is 29.1 Å². The fourth-order valence-corrected chi connectivity index (χ4v) is 2.20. The molecule has 3 aromatic rings. The van der Waals surface area contributed by atoms with E-state index in [0.29, 0.717) is 17.1 Å². The second kappa shape index (κ2) is 7.39. The molecule has 0 saturated heterocycles. The first-order valence-electron chi connectivity index (χ1n) is 7.63. The summed E-state index contributed by atoms with van der Waals surface area (Å²) in [4.78, 5) is 16.2. The highest BCUT2D eigenvalue weighted by atomic mass is 16.5. The lowest BCUT2D eigenvalue weighted by Gasteiger charge is -2.10. The number of methoxy groups -OCH3 is 1. The quantitative estimate of drug-likeness (QED) is 0.690. The summed E-state index contributed by atoms with van der Waals surface area (Å²) in [6.07, 6.45) is 1.53. The number of aromatic nitrogens is 3. The number of hydrogen-bond donors (Lipinski definition) is 2. The van der Waals surface area contributed by atoms with E-state index in [1.165, 1.54) is 18.9 Å². The van der Waals surface area contributed by atoms with Gasteiger partial charge in [-0.05, 0) is 31.2 Å². The number of benzene rings is 2. The van der Waals surface area contributed by atoms with E-state index in [1.54, 1.807) is 24.3 Å². The van der Waals surface area contributed by atoms with Crippen molar-refractivity contribution in [3.8, 4) is 0 Å². The lowest BCUT2D eigenvalue weighted by atomic mass is 10.2. The number of ether oxygens (including phenoxy) is 1. The van der Waals surface area contributed by atoms with Gasteiger partial charge in [-0.2, -0.15) is 10.1 Å². The van der Waals surface area contributed by atoms with Crippen molar-refractivity contribution in [1.29, 1.82) is 0 Å². The van der Waals surface area contributed by atoms with E-state index in [-0.39, 0.29) is 5.95 Å². The van der Waals surface area contributed by atoms with Crippen LogP contribution in [0.25, 0.3) is 0 Å². The first kappa shape index (κ1) is 16.4. The Bertz CT molecular complexity index is 881. The highest BCUT2D eigenvalue weighted by Gasteiger charge is 2.12. The monoisotopic (exact) mass is 335 g/mol. The van der Waals surface area contributed by atoms with Crippen LogP contribution in [0.3, 0.4) is 0 Å². The molecule has 7 heteroatoms. The van der Waals surface area contributed by atoms with Gasteiger partial charge in [-0.1, -0.05) is 29.8 Å². The normalized spacial score (nSPS) is 10.2. The van der Waals surface area contributed by atoms with E-state index >= 15 is 0 Å². The van der Waals surface area contributed by atoms with Gasteiger partial charge in [0, 0.05) is 5.69 Å². The summed E-state index contributed by atoms with van der Waals surface area (Å²) in [5, 5.41) is 14.0. The molecule has 1 heterocycles. The second-order valence-electron chi connectivity index (χ2n) is 5.32. The third kappa shape index (κ3) is 4.08. The maximum Gasteiger partial charge on any atom is 0.339 e. The zero-order valence-corrected chi connectivity index (χ0v) is 13.9. The van der Waals surface area contributed by atoms with Crippen LogP contribution in [0.15, 0.2) is 54.7 Å². The molecule has 0 atom stereocenters. The Labute approximate surface area is 145 Å². The van der Waals surface area contributed by atoms with Crippen LogP contribution in [-0.4, -0.2) is 28.3 Å². The number of hydrogen-bond acceptors (Lipinski definition) is 7. The van der Waals surface area contributed by atoms with Crippen molar-refractivity contribution < 1.29 is 9.53 Å². The number of aryl methyl sites for hydroxylation is 1. The number of esters is 1.